The van der Waals surface area contributed by atoms with E-state index in [1.54, 1.807) is 4.90 Å². The van der Waals surface area contributed by atoms with Crippen molar-refractivity contribution in [3.05, 3.63) is 41.1 Å². The summed E-state index contributed by atoms with van der Waals surface area (Å²) in [4.78, 5) is 32.3. The summed E-state index contributed by atoms with van der Waals surface area (Å²) in [7, 11) is 0. The van der Waals surface area contributed by atoms with Gasteiger partial charge >= 0.3 is 0 Å². The van der Waals surface area contributed by atoms with Crippen LogP contribution >= 0.6 is 0 Å². The Balaban J connectivity index is 1.24. The molecule has 4 rings (SSSR count). The highest BCUT2D eigenvalue weighted by atomic mass is 16.2. The van der Waals surface area contributed by atoms with Crippen LogP contribution in [-0.4, -0.2) is 71.8 Å². The molecule has 0 bridgehead atoms. The van der Waals surface area contributed by atoms with Crippen LogP contribution in [0.25, 0.3) is 0 Å². The quantitative estimate of drug-likeness (QED) is 0.606. The molecular weight excluding hydrogens is 428 g/mol. The zero-order valence-corrected chi connectivity index (χ0v) is 21.0. The van der Waals surface area contributed by atoms with Crippen molar-refractivity contribution in [3.63, 3.8) is 0 Å². The number of aromatic nitrogens is 2. The summed E-state index contributed by atoms with van der Waals surface area (Å²) >= 11 is 0. The Kier molecular flexibility index (Phi) is 7.56. The van der Waals surface area contributed by atoms with E-state index in [9.17, 15) is 9.59 Å². The zero-order valence-electron chi connectivity index (χ0n) is 21.0. The van der Waals surface area contributed by atoms with Crippen molar-refractivity contribution in [2.45, 2.75) is 59.5 Å². The summed E-state index contributed by atoms with van der Waals surface area (Å²) in [6, 6.07) is 8.05. The number of aryl methyl sites for hydroxylation is 4. The summed E-state index contributed by atoms with van der Waals surface area (Å²) in [5, 5.41) is 7.53. The van der Waals surface area contributed by atoms with E-state index in [4.69, 9.17) is 0 Å². The standard InChI is InChI=1S/C26H38N6O2/c1-5-22(32-24-18-21(4)28-31(24)12-9-25(32)33)26(34)27-10-6-11-29-13-15-30(16-14-29)23-17-19(2)7-8-20(23)3/h7-8,17-18,22H,5-6,9-16H2,1-4H3,(H,27,34). The van der Waals surface area contributed by atoms with E-state index in [1.165, 1.54) is 16.8 Å². The molecule has 2 aliphatic heterocycles. The van der Waals surface area contributed by atoms with Gasteiger partial charge in [-0.2, -0.15) is 5.10 Å². The van der Waals surface area contributed by atoms with Crippen LogP contribution in [0.15, 0.2) is 24.3 Å². The van der Waals surface area contributed by atoms with E-state index in [0.717, 1.165) is 50.7 Å². The molecule has 8 nitrogen and oxygen atoms in total. The zero-order chi connectivity index (χ0) is 24.2. The van der Waals surface area contributed by atoms with Crippen LogP contribution in [0.4, 0.5) is 11.5 Å². The Hall–Kier alpha value is -2.87. The van der Waals surface area contributed by atoms with Crippen LogP contribution in [0.3, 0.4) is 0 Å². The number of nitrogens with one attached hydrogen (secondary N) is 1. The smallest absolute Gasteiger partial charge is 0.243 e. The van der Waals surface area contributed by atoms with Gasteiger partial charge in [-0.1, -0.05) is 19.1 Å². The van der Waals surface area contributed by atoms with E-state index >= 15 is 0 Å². The monoisotopic (exact) mass is 466 g/mol. The number of carbonyl (C=O) groups is 2. The first-order valence-electron chi connectivity index (χ1n) is 12.6. The highest BCUT2D eigenvalue weighted by Gasteiger charge is 2.34. The molecule has 184 valence electrons. The summed E-state index contributed by atoms with van der Waals surface area (Å²) in [5.41, 5.74) is 4.84. The first-order chi connectivity index (χ1) is 16.4. The number of anilines is 2. The first kappa shape index (κ1) is 24.3. The molecule has 0 spiro atoms. The van der Waals surface area contributed by atoms with Crippen LogP contribution < -0.4 is 15.1 Å². The van der Waals surface area contributed by atoms with Gasteiger partial charge in [0.05, 0.1) is 12.2 Å². The molecule has 1 atom stereocenters. The Morgan fingerprint density at radius 2 is 1.85 bits per heavy atom. The predicted octanol–water partition coefficient (Wildman–Crippen LogP) is 2.65. The van der Waals surface area contributed by atoms with Crippen LogP contribution in [0.5, 0.6) is 0 Å². The fourth-order valence-electron chi connectivity index (χ4n) is 5.06. The highest BCUT2D eigenvalue weighted by Crippen LogP contribution is 2.26. The molecule has 2 amide bonds. The number of benzene rings is 1. The predicted molar refractivity (Wildman–Crippen MR) is 135 cm³/mol. The molecule has 34 heavy (non-hydrogen) atoms. The van der Waals surface area contributed by atoms with Crippen LogP contribution in [0, 0.1) is 20.8 Å². The lowest BCUT2D eigenvalue weighted by Crippen LogP contribution is -2.52. The molecule has 2 aromatic rings. The maximum absolute atomic E-state index is 13.0. The average molecular weight is 467 g/mol. The molecule has 1 fully saturated rings. The van der Waals surface area contributed by atoms with Crippen LogP contribution in [-0.2, 0) is 16.1 Å². The second-order valence-corrected chi connectivity index (χ2v) is 9.57. The number of piperazine rings is 1. The van der Waals surface area contributed by atoms with Crippen molar-refractivity contribution in [2.24, 2.45) is 0 Å². The van der Waals surface area contributed by atoms with Crippen molar-refractivity contribution in [3.8, 4) is 0 Å². The molecule has 1 aromatic carbocycles. The largest absolute Gasteiger partial charge is 0.369 e. The third-order valence-electron chi connectivity index (χ3n) is 6.96. The molecule has 8 heteroatoms. The first-order valence-corrected chi connectivity index (χ1v) is 12.6. The summed E-state index contributed by atoms with van der Waals surface area (Å²) in [6.07, 6.45) is 1.85. The third kappa shape index (κ3) is 5.27. The van der Waals surface area contributed by atoms with E-state index in [2.05, 4.69) is 52.3 Å². The summed E-state index contributed by atoms with van der Waals surface area (Å²) in [5.74, 6) is 0.650. The molecule has 0 aliphatic carbocycles. The van der Waals surface area contributed by atoms with Gasteiger partial charge in [0.15, 0.2) is 0 Å². The van der Waals surface area contributed by atoms with Gasteiger partial charge in [0, 0.05) is 50.9 Å². The molecule has 1 N–H and O–H groups in total. The number of hydrogen-bond donors (Lipinski definition) is 1. The molecule has 1 saturated heterocycles. The number of fused-ring (bicyclic) bond motifs is 1. The van der Waals surface area contributed by atoms with Crippen molar-refractivity contribution in [2.75, 3.05) is 49.1 Å². The molecule has 1 unspecified atom stereocenters. The SMILES string of the molecule is CCC(C(=O)NCCCN1CCN(c2cc(C)ccc2C)CC1)N1C(=O)CCn2nc(C)cc21. The van der Waals surface area contributed by atoms with E-state index < -0.39 is 6.04 Å². The second kappa shape index (κ2) is 10.6. The second-order valence-electron chi connectivity index (χ2n) is 9.57. The molecule has 0 saturated carbocycles. The normalized spacial score (nSPS) is 17.6. The minimum absolute atomic E-state index is 0.00359. The lowest BCUT2D eigenvalue weighted by atomic mass is 10.1. The fraction of sp³-hybridized carbons (Fsp3) is 0.577. The van der Waals surface area contributed by atoms with Gasteiger partial charge in [-0.05, 0) is 57.4 Å². The van der Waals surface area contributed by atoms with Gasteiger partial charge < -0.3 is 10.2 Å². The molecule has 2 aliphatic rings. The van der Waals surface area contributed by atoms with E-state index in [0.29, 0.717) is 25.9 Å². The molecule has 1 aromatic heterocycles. The number of rotatable bonds is 8. The number of hydrogen-bond acceptors (Lipinski definition) is 5. The lowest BCUT2D eigenvalue weighted by molar-refractivity contribution is -0.127. The van der Waals surface area contributed by atoms with Crippen molar-refractivity contribution in [1.29, 1.82) is 0 Å². The van der Waals surface area contributed by atoms with Gasteiger partial charge in [-0.3, -0.25) is 19.4 Å². The topological polar surface area (TPSA) is 73.7 Å². The Morgan fingerprint density at radius 1 is 1.09 bits per heavy atom. The maximum Gasteiger partial charge on any atom is 0.243 e. The van der Waals surface area contributed by atoms with Gasteiger partial charge in [0.25, 0.3) is 0 Å². The fourth-order valence-corrected chi connectivity index (χ4v) is 5.06. The molecule has 3 heterocycles. The maximum atomic E-state index is 13.0. The third-order valence-corrected chi connectivity index (χ3v) is 6.96. The molecule has 0 radical (unpaired) electrons. The van der Waals surface area contributed by atoms with Crippen LogP contribution in [0.1, 0.15) is 43.0 Å². The Labute approximate surface area is 202 Å². The number of carbonyl (C=O) groups excluding carboxylic acids is 2. The lowest BCUT2D eigenvalue weighted by Gasteiger charge is -2.37. The average Bonchev–Trinajstić information content (AvgIpc) is 3.21. The highest BCUT2D eigenvalue weighted by molar-refractivity contribution is 6.00. The van der Waals surface area contributed by atoms with Crippen LogP contribution in [0.2, 0.25) is 0 Å². The van der Waals surface area contributed by atoms with Crippen molar-refractivity contribution in [1.82, 2.24) is 20.0 Å². The van der Waals surface area contributed by atoms with E-state index in [1.807, 2.05) is 24.6 Å². The van der Waals surface area contributed by atoms with Gasteiger partial charge in [0.1, 0.15) is 11.9 Å². The van der Waals surface area contributed by atoms with Crippen molar-refractivity contribution >= 4 is 23.3 Å². The Bertz CT molecular complexity index is 1020. The van der Waals surface area contributed by atoms with Crippen molar-refractivity contribution < 1.29 is 9.59 Å². The summed E-state index contributed by atoms with van der Waals surface area (Å²) < 4.78 is 1.84. The molecular formula is C26H38N6O2. The Morgan fingerprint density at radius 3 is 2.59 bits per heavy atom. The minimum Gasteiger partial charge on any atom is -0.369 e. The van der Waals surface area contributed by atoms with E-state index in [-0.39, 0.29) is 11.8 Å². The number of nitrogens with zero attached hydrogens (tertiary/aromatic N) is 5. The van der Waals surface area contributed by atoms with Gasteiger partial charge in [0.2, 0.25) is 11.8 Å². The van der Waals surface area contributed by atoms with Gasteiger partial charge in [-0.15, -0.1) is 0 Å². The summed E-state index contributed by atoms with van der Waals surface area (Å²) in [6.45, 7) is 14.5. The van der Waals surface area contributed by atoms with Gasteiger partial charge in [-0.25, -0.2) is 4.68 Å². The number of amides is 2. The minimum atomic E-state index is -0.497.